The molecule has 1 aromatic carbocycles. The summed E-state index contributed by atoms with van der Waals surface area (Å²) in [5.41, 5.74) is -0.144. The van der Waals surface area contributed by atoms with E-state index in [1.165, 1.54) is 31.7 Å². The van der Waals surface area contributed by atoms with Crippen LogP contribution in [0.5, 0.6) is 11.5 Å². The number of ketones is 1. The average Bonchev–Trinajstić information content (AvgIpc) is 2.73. The Kier molecular flexibility index (Phi) is 5.50. The zero-order valence-electron chi connectivity index (χ0n) is 14.8. The number of benzene rings is 1. The summed E-state index contributed by atoms with van der Waals surface area (Å²) in [6, 6.07) is 8.02. The Labute approximate surface area is 159 Å². The number of rotatable bonds is 6. The largest absolute Gasteiger partial charge is 0.505 e. The topological polar surface area (TPSA) is 119 Å². The molecule has 3 rings (SSSR count). The molecule has 0 amide bonds. The number of aromatic nitrogens is 2. The Morgan fingerprint density at radius 1 is 1.21 bits per heavy atom. The van der Waals surface area contributed by atoms with Crippen molar-refractivity contribution in [1.29, 1.82) is 0 Å². The first-order valence-corrected chi connectivity index (χ1v) is 8.20. The number of hydrogen-bond acceptors (Lipinski definition) is 7. The van der Waals surface area contributed by atoms with Crippen LogP contribution < -0.4 is 10.3 Å². The molecule has 0 bridgehead atoms. The van der Waals surface area contributed by atoms with Gasteiger partial charge in [-0.25, -0.2) is 4.79 Å². The third-order valence-electron chi connectivity index (χ3n) is 3.89. The fraction of sp³-hybridized carbons (Fsp3) is 0.100. The van der Waals surface area contributed by atoms with E-state index < -0.39 is 17.3 Å². The van der Waals surface area contributed by atoms with Gasteiger partial charge in [0.2, 0.25) is 5.78 Å². The highest BCUT2D eigenvalue weighted by atomic mass is 16.6. The molecule has 0 spiro atoms. The number of esters is 1. The highest BCUT2D eigenvalue weighted by Gasteiger charge is 2.14. The van der Waals surface area contributed by atoms with Crippen LogP contribution in [0.2, 0.25) is 0 Å². The van der Waals surface area contributed by atoms with Gasteiger partial charge in [-0.2, -0.15) is 0 Å². The fourth-order valence-electron chi connectivity index (χ4n) is 2.50. The number of carbonyl (C=O) groups is 2. The standard InChI is InChI=1S/C20H16N2O6/c1-27-17(24)11-28-13-8-12(9-21-10-13)6-7-16(23)18-19(25)14-4-2-3-5-15(14)20(26)22-18/h2-10,25H,11H2,1H3,(H,22,26)/b7-6+. The minimum absolute atomic E-state index is 0.203. The molecule has 0 radical (unpaired) electrons. The second-order valence-corrected chi connectivity index (χ2v) is 5.74. The Morgan fingerprint density at radius 2 is 1.96 bits per heavy atom. The first kappa shape index (κ1) is 18.8. The van der Waals surface area contributed by atoms with Crippen LogP contribution in [0.3, 0.4) is 0 Å². The van der Waals surface area contributed by atoms with E-state index in [2.05, 4.69) is 14.7 Å². The molecule has 0 fully saturated rings. The van der Waals surface area contributed by atoms with Crippen molar-refractivity contribution in [1.82, 2.24) is 9.97 Å². The van der Waals surface area contributed by atoms with Crippen molar-refractivity contribution < 1.29 is 24.2 Å². The van der Waals surface area contributed by atoms with E-state index in [4.69, 9.17) is 4.74 Å². The maximum absolute atomic E-state index is 12.4. The van der Waals surface area contributed by atoms with Gasteiger partial charge in [-0.1, -0.05) is 18.2 Å². The lowest BCUT2D eigenvalue weighted by molar-refractivity contribution is -0.142. The van der Waals surface area contributed by atoms with Crippen LogP contribution in [0.1, 0.15) is 16.1 Å². The normalized spacial score (nSPS) is 10.9. The van der Waals surface area contributed by atoms with E-state index in [0.29, 0.717) is 22.1 Å². The van der Waals surface area contributed by atoms with Gasteiger partial charge in [0, 0.05) is 11.6 Å². The number of allylic oxidation sites excluding steroid dienone is 1. The molecule has 0 aliphatic heterocycles. The van der Waals surface area contributed by atoms with Crippen LogP contribution in [0.4, 0.5) is 0 Å². The van der Waals surface area contributed by atoms with Crippen LogP contribution in [-0.4, -0.2) is 40.5 Å². The van der Waals surface area contributed by atoms with Gasteiger partial charge in [-0.3, -0.25) is 14.6 Å². The quantitative estimate of drug-likeness (QED) is 0.382. The summed E-state index contributed by atoms with van der Waals surface area (Å²) in [6.45, 7) is -0.267. The predicted octanol–water partition coefficient (Wildman–Crippen LogP) is 2.08. The second-order valence-electron chi connectivity index (χ2n) is 5.74. The molecule has 0 aliphatic carbocycles. The van der Waals surface area contributed by atoms with Gasteiger partial charge in [-0.15, -0.1) is 0 Å². The monoisotopic (exact) mass is 380 g/mol. The summed E-state index contributed by atoms with van der Waals surface area (Å²) in [5.74, 6) is -1.09. The zero-order chi connectivity index (χ0) is 20.1. The first-order valence-electron chi connectivity index (χ1n) is 8.20. The lowest BCUT2D eigenvalue weighted by Crippen LogP contribution is -2.13. The molecule has 0 saturated heterocycles. The van der Waals surface area contributed by atoms with Gasteiger partial charge in [0.25, 0.3) is 5.56 Å². The predicted molar refractivity (Wildman–Crippen MR) is 101 cm³/mol. The second kappa shape index (κ2) is 8.17. The molecule has 2 heterocycles. The molecule has 0 aliphatic rings. The van der Waals surface area contributed by atoms with Crippen LogP contribution >= 0.6 is 0 Å². The highest BCUT2D eigenvalue weighted by molar-refractivity contribution is 6.10. The molecule has 2 N–H and O–H groups in total. The molecule has 0 saturated carbocycles. The van der Waals surface area contributed by atoms with E-state index in [1.807, 2.05) is 0 Å². The van der Waals surface area contributed by atoms with E-state index in [9.17, 15) is 19.5 Å². The molecule has 2 aromatic heterocycles. The number of H-pyrrole nitrogens is 1. The summed E-state index contributed by atoms with van der Waals surface area (Å²) >= 11 is 0. The molecular formula is C20H16N2O6. The van der Waals surface area contributed by atoms with Gasteiger partial charge in [-0.05, 0) is 29.8 Å². The van der Waals surface area contributed by atoms with Crippen LogP contribution in [-0.2, 0) is 9.53 Å². The number of aromatic amines is 1. The van der Waals surface area contributed by atoms with E-state index in [0.717, 1.165) is 0 Å². The Balaban J connectivity index is 1.83. The Morgan fingerprint density at radius 3 is 2.71 bits per heavy atom. The molecule has 28 heavy (non-hydrogen) atoms. The SMILES string of the molecule is COC(=O)COc1cncc(/C=C/C(=O)c2[nH]c(=O)c3ccccc3c2O)c1. The van der Waals surface area contributed by atoms with Crippen LogP contribution in [0.15, 0.2) is 53.6 Å². The number of hydrogen-bond donors (Lipinski definition) is 2. The Bertz CT molecular complexity index is 1130. The van der Waals surface area contributed by atoms with Crippen molar-refractivity contribution in [3.8, 4) is 11.5 Å². The van der Waals surface area contributed by atoms with E-state index >= 15 is 0 Å². The Hall–Kier alpha value is -3.94. The average molecular weight is 380 g/mol. The fourth-order valence-corrected chi connectivity index (χ4v) is 2.50. The maximum atomic E-state index is 12.4. The molecule has 8 nitrogen and oxygen atoms in total. The lowest BCUT2D eigenvalue weighted by atomic mass is 10.1. The summed E-state index contributed by atoms with van der Waals surface area (Å²) in [5, 5.41) is 10.9. The van der Waals surface area contributed by atoms with E-state index in [1.54, 1.807) is 30.3 Å². The van der Waals surface area contributed by atoms with Crippen LogP contribution in [0.25, 0.3) is 16.8 Å². The number of aromatic hydroxyl groups is 1. The summed E-state index contributed by atoms with van der Waals surface area (Å²) in [7, 11) is 1.25. The molecule has 0 atom stereocenters. The molecule has 142 valence electrons. The molecule has 3 aromatic rings. The summed E-state index contributed by atoms with van der Waals surface area (Å²) < 4.78 is 9.72. The summed E-state index contributed by atoms with van der Waals surface area (Å²) in [4.78, 5) is 42.1. The minimum atomic E-state index is -0.582. The number of methoxy groups -OCH3 is 1. The van der Waals surface area contributed by atoms with Crippen molar-refractivity contribution in [2.45, 2.75) is 0 Å². The van der Waals surface area contributed by atoms with Crippen LogP contribution in [0, 0.1) is 0 Å². The number of nitrogens with one attached hydrogen (secondary N) is 1. The number of carbonyl (C=O) groups excluding carboxylic acids is 2. The van der Waals surface area contributed by atoms with Gasteiger partial charge in [0.1, 0.15) is 11.4 Å². The maximum Gasteiger partial charge on any atom is 0.343 e. The summed E-state index contributed by atoms with van der Waals surface area (Å²) in [6.07, 6.45) is 5.54. The first-order chi connectivity index (χ1) is 13.5. The van der Waals surface area contributed by atoms with Crippen molar-refractivity contribution in [3.63, 3.8) is 0 Å². The van der Waals surface area contributed by atoms with Crippen molar-refractivity contribution >= 4 is 28.6 Å². The van der Waals surface area contributed by atoms with Gasteiger partial charge in [0.05, 0.1) is 18.7 Å². The third-order valence-corrected chi connectivity index (χ3v) is 3.89. The molecular weight excluding hydrogens is 364 g/mol. The smallest absolute Gasteiger partial charge is 0.343 e. The van der Waals surface area contributed by atoms with Crippen molar-refractivity contribution in [3.05, 3.63) is 70.4 Å². The molecule has 0 unspecified atom stereocenters. The highest BCUT2D eigenvalue weighted by Crippen LogP contribution is 2.25. The number of nitrogens with zero attached hydrogens (tertiary/aromatic N) is 1. The molecule has 8 heteroatoms. The van der Waals surface area contributed by atoms with Gasteiger partial charge in [0.15, 0.2) is 12.4 Å². The van der Waals surface area contributed by atoms with Gasteiger partial charge < -0.3 is 19.6 Å². The number of fused-ring (bicyclic) bond motifs is 1. The number of pyridine rings is 2. The third kappa shape index (κ3) is 4.07. The zero-order valence-corrected chi connectivity index (χ0v) is 14.8. The number of ether oxygens (including phenoxy) is 2. The van der Waals surface area contributed by atoms with E-state index in [-0.39, 0.29) is 18.1 Å². The van der Waals surface area contributed by atoms with Crippen molar-refractivity contribution in [2.75, 3.05) is 13.7 Å². The van der Waals surface area contributed by atoms with Crippen molar-refractivity contribution in [2.24, 2.45) is 0 Å². The minimum Gasteiger partial charge on any atom is -0.505 e. The van der Waals surface area contributed by atoms with Gasteiger partial charge >= 0.3 is 5.97 Å². The lowest BCUT2D eigenvalue weighted by Gasteiger charge is -2.05.